The van der Waals surface area contributed by atoms with Crippen molar-refractivity contribution in [1.29, 1.82) is 0 Å². The summed E-state index contributed by atoms with van der Waals surface area (Å²) in [6, 6.07) is 4.50. The molecule has 0 saturated heterocycles. The molecule has 0 radical (unpaired) electrons. The molecule has 0 spiro atoms. The lowest BCUT2D eigenvalue weighted by Gasteiger charge is -2.24. The van der Waals surface area contributed by atoms with Crippen LogP contribution >= 0.6 is 35.6 Å². The Balaban J connectivity index is 0.00000400. The molecule has 8 heteroatoms. The van der Waals surface area contributed by atoms with Crippen LogP contribution in [0, 0.1) is 0 Å². The lowest BCUT2D eigenvalue weighted by Crippen LogP contribution is -2.51. The Hall–Kier alpha value is -1.01. The number of nitrogens with one attached hydrogen (secondary N) is 2. The number of carbonyl (C=O) groups is 2. The van der Waals surface area contributed by atoms with E-state index in [2.05, 4.69) is 10.6 Å². The fourth-order valence-corrected chi connectivity index (χ4v) is 1.67. The van der Waals surface area contributed by atoms with Crippen LogP contribution in [0.5, 0.6) is 0 Å². The van der Waals surface area contributed by atoms with Crippen molar-refractivity contribution in [3.05, 3.63) is 33.8 Å². The Morgan fingerprint density at radius 2 is 1.86 bits per heavy atom. The molecule has 1 rings (SSSR count). The van der Waals surface area contributed by atoms with Gasteiger partial charge in [-0.2, -0.15) is 0 Å². The van der Waals surface area contributed by atoms with Gasteiger partial charge in [0.15, 0.2) is 0 Å². The van der Waals surface area contributed by atoms with Crippen LogP contribution in [0.3, 0.4) is 0 Å². The molecule has 0 unspecified atom stereocenters. The Morgan fingerprint density at radius 3 is 2.38 bits per heavy atom. The number of benzene rings is 1. The van der Waals surface area contributed by atoms with E-state index in [9.17, 15) is 9.59 Å². The van der Waals surface area contributed by atoms with Crippen molar-refractivity contribution in [2.75, 3.05) is 13.1 Å². The van der Waals surface area contributed by atoms with Crippen LogP contribution in [0.25, 0.3) is 0 Å². The third-order valence-corrected chi connectivity index (χ3v) is 3.32. The highest BCUT2D eigenvalue weighted by atomic mass is 35.5. The lowest BCUT2D eigenvalue weighted by atomic mass is 10.1. The quantitative estimate of drug-likeness (QED) is 0.756. The number of halogens is 3. The first-order valence-corrected chi connectivity index (χ1v) is 6.75. The number of rotatable bonds is 5. The summed E-state index contributed by atoms with van der Waals surface area (Å²) in [6.45, 7) is 3.76. The maximum atomic E-state index is 11.8. The first-order valence-electron chi connectivity index (χ1n) is 5.99. The van der Waals surface area contributed by atoms with Crippen LogP contribution in [0.1, 0.15) is 24.2 Å². The van der Waals surface area contributed by atoms with Gasteiger partial charge in [0.1, 0.15) is 0 Å². The average molecular weight is 355 g/mol. The second-order valence-electron chi connectivity index (χ2n) is 4.95. The SMILES string of the molecule is CC(C)(CN)NC(=O)CNC(=O)c1ccc(Cl)c(Cl)c1.Cl. The zero-order chi connectivity index (χ0) is 15.3. The number of amides is 2. The minimum absolute atomic E-state index is 0. The van der Waals surface area contributed by atoms with Crippen LogP contribution in [-0.4, -0.2) is 30.4 Å². The van der Waals surface area contributed by atoms with E-state index in [1.54, 1.807) is 13.8 Å². The summed E-state index contributed by atoms with van der Waals surface area (Å²) in [7, 11) is 0. The Labute approximate surface area is 140 Å². The van der Waals surface area contributed by atoms with Gasteiger partial charge < -0.3 is 16.4 Å². The fourth-order valence-electron chi connectivity index (χ4n) is 1.37. The molecule has 0 heterocycles. The van der Waals surface area contributed by atoms with Gasteiger partial charge in [-0.15, -0.1) is 12.4 Å². The zero-order valence-corrected chi connectivity index (χ0v) is 14.0. The Kier molecular flexibility index (Phi) is 8.03. The zero-order valence-electron chi connectivity index (χ0n) is 11.7. The van der Waals surface area contributed by atoms with E-state index in [-0.39, 0.29) is 29.9 Å². The van der Waals surface area contributed by atoms with Crippen molar-refractivity contribution in [3.63, 3.8) is 0 Å². The molecule has 118 valence electrons. The van der Waals surface area contributed by atoms with Crippen molar-refractivity contribution in [2.24, 2.45) is 5.73 Å². The van der Waals surface area contributed by atoms with Gasteiger partial charge in [0.2, 0.25) is 5.91 Å². The minimum Gasteiger partial charge on any atom is -0.348 e. The summed E-state index contributed by atoms with van der Waals surface area (Å²) in [4.78, 5) is 23.5. The standard InChI is InChI=1S/C13H17Cl2N3O2.ClH/c1-13(2,7-16)18-11(19)6-17-12(20)8-3-4-9(14)10(15)5-8;/h3-5H,6-7,16H2,1-2H3,(H,17,20)(H,18,19);1H. The van der Waals surface area contributed by atoms with Crippen LogP contribution in [0.15, 0.2) is 18.2 Å². The summed E-state index contributed by atoms with van der Waals surface area (Å²) in [5.74, 6) is -0.710. The monoisotopic (exact) mass is 353 g/mol. The predicted molar refractivity (Wildman–Crippen MR) is 87.3 cm³/mol. The molecule has 1 aromatic rings. The summed E-state index contributed by atoms with van der Waals surface area (Å²) in [6.07, 6.45) is 0. The van der Waals surface area contributed by atoms with E-state index in [0.717, 1.165) is 0 Å². The van der Waals surface area contributed by atoms with Crippen molar-refractivity contribution >= 4 is 47.4 Å². The highest BCUT2D eigenvalue weighted by Crippen LogP contribution is 2.22. The maximum Gasteiger partial charge on any atom is 0.251 e. The van der Waals surface area contributed by atoms with Crippen molar-refractivity contribution < 1.29 is 9.59 Å². The van der Waals surface area contributed by atoms with Crippen LogP contribution < -0.4 is 16.4 Å². The smallest absolute Gasteiger partial charge is 0.251 e. The largest absolute Gasteiger partial charge is 0.348 e. The van der Waals surface area contributed by atoms with Crippen molar-refractivity contribution in [1.82, 2.24) is 10.6 Å². The number of nitrogens with two attached hydrogens (primary N) is 1. The molecule has 0 aliphatic carbocycles. The second-order valence-corrected chi connectivity index (χ2v) is 5.76. The first-order chi connectivity index (χ1) is 9.25. The van der Waals surface area contributed by atoms with Crippen LogP contribution in [0.4, 0.5) is 0 Å². The van der Waals surface area contributed by atoms with Crippen LogP contribution in [-0.2, 0) is 4.79 Å². The van der Waals surface area contributed by atoms with Gasteiger partial charge in [-0.25, -0.2) is 0 Å². The van der Waals surface area contributed by atoms with Gasteiger partial charge in [0, 0.05) is 17.6 Å². The topological polar surface area (TPSA) is 84.2 Å². The third-order valence-electron chi connectivity index (χ3n) is 2.58. The van der Waals surface area contributed by atoms with E-state index in [1.807, 2.05) is 0 Å². The number of hydrogen-bond donors (Lipinski definition) is 3. The molecule has 0 aliphatic rings. The van der Waals surface area contributed by atoms with Gasteiger partial charge in [0.05, 0.1) is 16.6 Å². The molecule has 1 aromatic carbocycles. The molecule has 0 fully saturated rings. The van der Waals surface area contributed by atoms with Crippen molar-refractivity contribution in [2.45, 2.75) is 19.4 Å². The van der Waals surface area contributed by atoms with E-state index in [4.69, 9.17) is 28.9 Å². The predicted octanol–water partition coefficient (Wildman–Crippen LogP) is 2.00. The van der Waals surface area contributed by atoms with Gasteiger partial charge in [-0.3, -0.25) is 9.59 Å². The molecule has 21 heavy (non-hydrogen) atoms. The summed E-state index contributed by atoms with van der Waals surface area (Å²) >= 11 is 11.6. The van der Waals surface area contributed by atoms with Gasteiger partial charge >= 0.3 is 0 Å². The Bertz CT molecular complexity index is 521. The van der Waals surface area contributed by atoms with Gasteiger partial charge in [-0.1, -0.05) is 23.2 Å². The minimum atomic E-state index is -0.509. The molecule has 2 amide bonds. The molecule has 0 bridgehead atoms. The molecule has 0 atom stereocenters. The molecular weight excluding hydrogens is 337 g/mol. The molecule has 0 aliphatic heterocycles. The van der Waals surface area contributed by atoms with E-state index >= 15 is 0 Å². The number of carbonyl (C=O) groups excluding carboxylic acids is 2. The summed E-state index contributed by atoms with van der Waals surface area (Å²) in [5, 5.41) is 5.86. The third kappa shape index (κ3) is 6.52. The second kappa shape index (κ2) is 8.44. The first kappa shape index (κ1) is 20.0. The van der Waals surface area contributed by atoms with Crippen LogP contribution in [0.2, 0.25) is 10.0 Å². The number of hydrogen-bond acceptors (Lipinski definition) is 3. The fraction of sp³-hybridized carbons (Fsp3) is 0.385. The Morgan fingerprint density at radius 1 is 1.24 bits per heavy atom. The summed E-state index contributed by atoms with van der Waals surface area (Å²) in [5.41, 5.74) is 5.33. The van der Waals surface area contributed by atoms with Gasteiger partial charge in [-0.05, 0) is 32.0 Å². The summed E-state index contributed by atoms with van der Waals surface area (Å²) < 4.78 is 0. The highest BCUT2D eigenvalue weighted by molar-refractivity contribution is 6.42. The molecule has 5 nitrogen and oxygen atoms in total. The van der Waals surface area contributed by atoms with Gasteiger partial charge in [0.25, 0.3) is 5.91 Å². The maximum absolute atomic E-state index is 11.8. The average Bonchev–Trinajstić information content (AvgIpc) is 2.38. The van der Waals surface area contributed by atoms with E-state index in [0.29, 0.717) is 17.1 Å². The van der Waals surface area contributed by atoms with E-state index in [1.165, 1.54) is 18.2 Å². The van der Waals surface area contributed by atoms with E-state index < -0.39 is 11.4 Å². The molecule has 4 N–H and O–H groups in total. The highest BCUT2D eigenvalue weighted by Gasteiger charge is 2.18. The molecular formula is C13H18Cl3N3O2. The molecule has 0 aromatic heterocycles. The lowest BCUT2D eigenvalue weighted by molar-refractivity contribution is -0.121. The molecule has 0 saturated carbocycles. The normalized spacial score (nSPS) is 10.5. The van der Waals surface area contributed by atoms with Crippen molar-refractivity contribution in [3.8, 4) is 0 Å².